The smallest absolute Gasteiger partial charge is 0.123 e. The molecule has 144 valence electrons. The van der Waals surface area contributed by atoms with Gasteiger partial charge >= 0.3 is 0 Å². The Morgan fingerprint density at radius 1 is 1.14 bits per heavy atom. The lowest BCUT2D eigenvalue weighted by Gasteiger charge is -2.24. The van der Waals surface area contributed by atoms with E-state index >= 15 is 0 Å². The number of rotatable bonds is 4. The molecular weight excluding hydrogens is 371 g/mol. The molecule has 2 aromatic carbocycles. The van der Waals surface area contributed by atoms with E-state index in [1.54, 1.807) is 31.0 Å². The van der Waals surface area contributed by atoms with Crippen LogP contribution in [0.2, 0.25) is 0 Å². The summed E-state index contributed by atoms with van der Waals surface area (Å²) in [6, 6.07) is 19.3. The van der Waals surface area contributed by atoms with E-state index in [-0.39, 0.29) is 11.1 Å². The Labute approximate surface area is 169 Å². The Kier molecular flexibility index (Phi) is 5.53. The van der Waals surface area contributed by atoms with Gasteiger partial charge in [0.1, 0.15) is 11.6 Å². The summed E-state index contributed by atoms with van der Waals surface area (Å²) in [7, 11) is 1.68. The van der Waals surface area contributed by atoms with Crippen LogP contribution in [0.15, 0.2) is 65.6 Å². The third-order valence-electron chi connectivity index (χ3n) is 4.96. The van der Waals surface area contributed by atoms with E-state index in [9.17, 15) is 4.39 Å². The van der Waals surface area contributed by atoms with Gasteiger partial charge in [-0.25, -0.2) is 4.39 Å². The molecule has 1 aromatic heterocycles. The van der Waals surface area contributed by atoms with Crippen molar-refractivity contribution in [3.63, 3.8) is 0 Å². The normalized spacial score (nSPS) is 16.4. The second-order valence-electron chi connectivity index (χ2n) is 6.98. The molecule has 0 bridgehead atoms. The minimum atomic E-state index is -0.186. The van der Waals surface area contributed by atoms with Crippen LogP contribution < -0.4 is 9.64 Å². The molecule has 0 aliphatic carbocycles. The summed E-state index contributed by atoms with van der Waals surface area (Å²) in [5.74, 6) is 0.647. The Morgan fingerprint density at radius 3 is 2.79 bits per heavy atom. The van der Waals surface area contributed by atoms with E-state index in [2.05, 4.69) is 34.1 Å². The highest BCUT2D eigenvalue weighted by molar-refractivity contribution is 7.99. The van der Waals surface area contributed by atoms with E-state index in [4.69, 9.17) is 4.74 Å². The van der Waals surface area contributed by atoms with Crippen molar-refractivity contribution in [1.29, 1.82) is 0 Å². The summed E-state index contributed by atoms with van der Waals surface area (Å²) in [6.45, 7) is 3.64. The molecule has 1 aliphatic rings. The standard InChI is InChI=1S/C23H23FN2OS/c1-16-5-3-8-19(25-16)15-26-12-11-22(17-6-4-7-18(24)13-17)28-23-14-20(27-2)9-10-21(23)26/h3-10,13-14,22H,11-12,15H2,1-2H3. The maximum absolute atomic E-state index is 13.8. The minimum absolute atomic E-state index is 0.186. The molecule has 0 fully saturated rings. The average molecular weight is 395 g/mol. The van der Waals surface area contributed by atoms with E-state index in [0.29, 0.717) is 0 Å². The van der Waals surface area contributed by atoms with E-state index in [1.165, 1.54) is 11.8 Å². The molecule has 0 radical (unpaired) electrons. The molecule has 0 saturated heterocycles. The van der Waals surface area contributed by atoms with Gasteiger partial charge in [-0.2, -0.15) is 0 Å². The van der Waals surface area contributed by atoms with Crippen molar-refractivity contribution in [2.45, 2.75) is 30.0 Å². The number of aryl methyl sites for hydroxylation is 1. The Morgan fingerprint density at radius 2 is 2.00 bits per heavy atom. The Hall–Kier alpha value is -2.53. The first-order valence-electron chi connectivity index (χ1n) is 9.40. The first-order valence-corrected chi connectivity index (χ1v) is 10.3. The molecule has 3 aromatic rings. The van der Waals surface area contributed by atoms with Gasteiger partial charge in [0, 0.05) is 22.4 Å². The van der Waals surface area contributed by atoms with Crippen molar-refractivity contribution in [2.75, 3.05) is 18.6 Å². The van der Waals surface area contributed by atoms with Gasteiger partial charge in [0.05, 0.1) is 25.0 Å². The number of hydrogen-bond acceptors (Lipinski definition) is 4. The number of pyridine rings is 1. The number of hydrogen-bond donors (Lipinski definition) is 0. The average Bonchev–Trinajstić information content (AvgIpc) is 2.87. The number of ether oxygens (including phenoxy) is 1. The van der Waals surface area contributed by atoms with Gasteiger partial charge in [0.2, 0.25) is 0 Å². The van der Waals surface area contributed by atoms with Crippen molar-refractivity contribution in [2.24, 2.45) is 0 Å². The van der Waals surface area contributed by atoms with Crippen LogP contribution >= 0.6 is 11.8 Å². The molecule has 1 aliphatic heterocycles. The summed E-state index contributed by atoms with van der Waals surface area (Å²) < 4.78 is 19.2. The quantitative estimate of drug-likeness (QED) is 0.560. The zero-order valence-corrected chi connectivity index (χ0v) is 16.9. The van der Waals surface area contributed by atoms with Crippen molar-refractivity contribution in [3.8, 4) is 5.75 Å². The lowest BCUT2D eigenvalue weighted by atomic mass is 10.1. The number of fused-ring (bicyclic) bond motifs is 1. The fraction of sp³-hybridized carbons (Fsp3) is 0.261. The molecule has 0 spiro atoms. The maximum atomic E-state index is 13.8. The zero-order chi connectivity index (χ0) is 19.5. The van der Waals surface area contributed by atoms with E-state index in [1.807, 2.05) is 25.1 Å². The van der Waals surface area contributed by atoms with Crippen LogP contribution in [-0.4, -0.2) is 18.6 Å². The Balaban J connectivity index is 1.68. The predicted octanol–water partition coefficient (Wildman–Crippen LogP) is 5.78. The van der Waals surface area contributed by atoms with Crippen LogP contribution in [0.3, 0.4) is 0 Å². The molecule has 5 heteroatoms. The molecule has 0 N–H and O–H groups in total. The first kappa shape index (κ1) is 18.8. The largest absolute Gasteiger partial charge is 0.497 e. The fourth-order valence-electron chi connectivity index (χ4n) is 3.57. The zero-order valence-electron chi connectivity index (χ0n) is 16.1. The Bertz CT molecular complexity index is 978. The first-order chi connectivity index (χ1) is 13.6. The van der Waals surface area contributed by atoms with Crippen LogP contribution in [0.1, 0.15) is 28.6 Å². The van der Waals surface area contributed by atoms with Crippen molar-refractivity contribution in [3.05, 3.63) is 83.4 Å². The van der Waals surface area contributed by atoms with E-state index in [0.717, 1.165) is 47.1 Å². The van der Waals surface area contributed by atoms with E-state index < -0.39 is 0 Å². The van der Waals surface area contributed by atoms with Crippen LogP contribution in [0, 0.1) is 12.7 Å². The highest BCUT2D eigenvalue weighted by Crippen LogP contribution is 2.46. The topological polar surface area (TPSA) is 25.4 Å². The summed E-state index contributed by atoms with van der Waals surface area (Å²) in [5.41, 5.74) is 4.27. The monoisotopic (exact) mass is 394 g/mol. The lowest BCUT2D eigenvalue weighted by Crippen LogP contribution is -2.24. The molecule has 4 rings (SSSR count). The molecule has 0 amide bonds. The molecule has 28 heavy (non-hydrogen) atoms. The minimum Gasteiger partial charge on any atom is -0.497 e. The third kappa shape index (κ3) is 4.14. The summed E-state index contributed by atoms with van der Waals surface area (Å²) in [4.78, 5) is 8.19. The maximum Gasteiger partial charge on any atom is 0.123 e. The van der Waals surface area contributed by atoms with Crippen LogP contribution in [0.4, 0.5) is 10.1 Å². The van der Waals surface area contributed by atoms with Crippen molar-refractivity contribution in [1.82, 2.24) is 4.98 Å². The highest BCUT2D eigenvalue weighted by atomic mass is 32.2. The lowest BCUT2D eigenvalue weighted by molar-refractivity contribution is 0.413. The molecule has 2 heterocycles. The molecule has 3 nitrogen and oxygen atoms in total. The predicted molar refractivity (Wildman–Crippen MR) is 113 cm³/mol. The van der Waals surface area contributed by atoms with Crippen LogP contribution in [0.25, 0.3) is 0 Å². The van der Waals surface area contributed by atoms with Gasteiger partial charge in [-0.15, -0.1) is 11.8 Å². The summed E-state index contributed by atoms with van der Waals surface area (Å²) in [5, 5.41) is 0.192. The van der Waals surface area contributed by atoms with Gasteiger partial charge < -0.3 is 9.64 Å². The summed E-state index contributed by atoms with van der Waals surface area (Å²) >= 11 is 1.78. The fourth-order valence-corrected chi connectivity index (χ4v) is 4.89. The van der Waals surface area contributed by atoms with Crippen LogP contribution in [0.5, 0.6) is 5.75 Å². The SMILES string of the molecule is COc1ccc2c(c1)SC(c1cccc(F)c1)CCN2Cc1cccc(C)n1. The second-order valence-corrected chi connectivity index (χ2v) is 8.22. The summed E-state index contributed by atoms with van der Waals surface area (Å²) in [6.07, 6.45) is 0.928. The number of nitrogens with zero attached hydrogens (tertiary/aromatic N) is 2. The highest BCUT2D eigenvalue weighted by Gasteiger charge is 2.24. The van der Waals surface area contributed by atoms with Crippen LogP contribution in [-0.2, 0) is 6.54 Å². The van der Waals surface area contributed by atoms with Gasteiger partial charge in [-0.1, -0.05) is 18.2 Å². The van der Waals surface area contributed by atoms with Crippen molar-refractivity contribution < 1.29 is 9.13 Å². The number of thioether (sulfide) groups is 1. The molecule has 0 saturated carbocycles. The number of anilines is 1. The third-order valence-corrected chi connectivity index (χ3v) is 6.33. The van der Waals surface area contributed by atoms with Gasteiger partial charge in [0.25, 0.3) is 0 Å². The van der Waals surface area contributed by atoms with Crippen molar-refractivity contribution >= 4 is 17.4 Å². The number of benzene rings is 2. The number of halogens is 1. The van der Waals surface area contributed by atoms with Gasteiger partial charge in [0.15, 0.2) is 0 Å². The molecule has 1 atom stereocenters. The van der Waals surface area contributed by atoms with Gasteiger partial charge in [-0.3, -0.25) is 4.98 Å². The second kappa shape index (κ2) is 8.23. The molecular formula is C23H23FN2OS. The molecule has 1 unspecified atom stereocenters. The number of aromatic nitrogens is 1. The van der Waals surface area contributed by atoms with Gasteiger partial charge in [-0.05, 0) is 61.4 Å². The number of methoxy groups -OCH3 is 1.